The van der Waals surface area contributed by atoms with Crippen LogP contribution < -0.4 is 9.47 Å². The van der Waals surface area contributed by atoms with Gasteiger partial charge in [0.1, 0.15) is 11.5 Å². The van der Waals surface area contributed by atoms with Crippen molar-refractivity contribution in [3.8, 4) is 28.7 Å². The third-order valence-electron chi connectivity index (χ3n) is 6.63. The molecule has 190 valence electrons. The molecule has 2 aromatic heterocycles. The average molecular weight is 688 g/mol. The summed E-state index contributed by atoms with van der Waals surface area (Å²) in [7, 11) is 0. The molecule has 0 atom stereocenters. The van der Waals surface area contributed by atoms with Crippen molar-refractivity contribution in [2.75, 3.05) is 0 Å². The predicted molar refractivity (Wildman–Crippen MR) is 142 cm³/mol. The molecule has 0 aliphatic carbocycles. The molecule has 6 aromatic rings. The SMILES string of the molecule is [Pt+2].[c-]1c(Oc2[c-]c(C3(c4ccccn4)c4ccccc4Oc4ccccc43)ccc2)cccc1-n1nccn1. The van der Waals surface area contributed by atoms with E-state index in [1.54, 1.807) is 12.4 Å². The Hall–Kier alpha value is -4.54. The standard InChI is InChI=1S/C32H20N4O2.Pt/c1-3-15-29-27(13-1)32(31-17-5-6-18-33-31,28-14-2-4-16-30(28)38-29)23-9-7-11-25(21-23)37-26-12-8-10-24(22-26)36-34-19-20-35-36;/h1-20H;/q-2;+2. The van der Waals surface area contributed by atoms with E-state index >= 15 is 0 Å². The van der Waals surface area contributed by atoms with Crippen LogP contribution >= 0.6 is 0 Å². The fraction of sp³-hybridized carbons (Fsp3) is 0.0312. The van der Waals surface area contributed by atoms with Gasteiger partial charge in [-0.1, -0.05) is 42.5 Å². The van der Waals surface area contributed by atoms with Gasteiger partial charge in [-0.15, -0.1) is 35.9 Å². The monoisotopic (exact) mass is 687 g/mol. The Labute approximate surface area is 240 Å². The molecule has 0 saturated carbocycles. The normalized spacial score (nSPS) is 12.8. The van der Waals surface area contributed by atoms with Crippen molar-refractivity contribution in [1.29, 1.82) is 0 Å². The van der Waals surface area contributed by atoms with Crippen LogP contribution in [0, 0.1) is 12.1 Å². The Kier molecular flexibility index (Phi) is 6.55. The van der Waals surface area contributed by atoms with E-state index in [2.05, 4.69) is 46.6 Å². The molecule has 0 bridgehead atoms. The number of benzene rings is 4. The summed E-state index contributed by atoms with van der Waals surface area (Å²) in [5, 5.41) is 8.37. The minimum Gasteiger partial charge on any atom is -0.509 e. The van der Waals surface area contributed by atoms with Crippen LogP contribution in [-0.4, -0.2) is 20.0 Å². The fourth-order valence-corrected chi connectivity index (χ4v) is 5.08. The first-order valence-corrected chi connectivity index (χ1v) is 12.2. The van der Waals surface area contributed by atoms with Gasteiger partial charge in [-0.2, -0.15) is 33.2 Å². The topological polar surface area (TPSA) is 62.1 Å². The van der Waals surface area contributed by atoms with Crippen LogP contribution in [-0.2, 0) is 26.5 Å². The fourth-order valence-electron chi connectivity index (χ4n) is 5.08. The summed E-state index contributed by atoms with van der Waals surface area (Å²) in [6.45, 7) is 0. The van der Waals surface area contributed by atoms with E-state index in [1.807, 2.05) is 85.1 Å². The first-order valence-electron chi connectivity index (χ1n) is 12.2. The molecule has 6 nitrogen and oxygen atoms in total. The molecule has 0 radical (unpaired) electrons. The zero-order valence-electron chi connectivity index (χ0n) is 20.5. The minimum absolute atomic E-state index is 0. The Bertz CT molecular complexity index is 1690. The summed E-state index contributed by atoms with van der Waals surface area (Å²) in [6, 6.07) is 40.5. The zero-order chi connectivity index (χ0) is 25.4. The number of nitrogens with zero attached hydrogens (tertiary/aromatic N) is 4. The van der Waals surface area contributed by atoms with Crippen molar-refractivity contribution >= 4 is 0 Å². The molecular formula is C32H20N4O2Pt. The number of ether oxygens (including phenoxy) is 2. The van der Waals surface area contributed by atoms with E-state index in [4.69, 9.17) is 14.5 Å². The molecule has 7 rings (SSSR count). The van der Waals surface area contributed by atoms with Crippen LogP contribution in [0.3, 0.4) is 0 Å². The van der Waals surface area contributed by atoms with Crippen molar-refractivity contribution in [2.24, 2.45) is 0 Å². The number of hydrogen-bond acceptors (Lipinski definition) is 5. The first kappa shape index (κ1) is 24.8. The van der Waals surface area contributed by atoms with Gasteiger partial charge in [0.15, 0.2) is 0 Å². The van der Waals surface area contributed by atoms with Crippen LogP contribution in [0.15, 0.2) is 122 Å². The summed E-state index contributed by atoms with van der Waals surface area (Å²) < 4.78 is 12.6. The second-order valence-corrected chi connectivity index (χ2v) is 8.81. The van der Waals surface area contributed by atoms with Crippen molar-refractivity contribution in [3.05, 3.63) is 156 Å². The molecule has 4 aromatic carbocycles. The number of rotatable bonds is 5. The van der Waals surface area contributed by atoms with Gasteiger partial charge in [0.25, 0.3) is 0 Å². The maximum absolute atomic E-state index is 6.36. The van der Waals surface area contributed by atoms with E-state index in [0.717, 1.165) is 33.9 Å². The summed E-state index contributed by atoms with van der Waals surface area (Å²) >= 11 is 0. The van der Waals surface area contributed by atoms with E-state index < -0.39 is 5.41 Å². The Morgan fingerprint density at radius 3 is 1.97 bits per heavy atom. The van der Waals surface area contributed by atoms with Gasteiger partial charge in [0.2, 0.25) is 0 Å². The van der Waals surface area contributed by atoms with Crippen LogP contribution in [0.5, 0.6) is 23.0 Å². The molecule has 3 heterocycles. The number of fused-ring (bicyclic) bond motifs is 2. The Morgan fingerprint density at radius 1 is 0.641 bits per heavy atom. The number of pyridine rings is 1. The minimum atomic E-state index is -0.767. The van der Waals surface area contributed by atoms with Crippen molar-refractivity contribution in [1.82, 2.24) is 20.0 Å². The van der Waals surface area contributed by atoms with Crippen LogP contribution in [0.2, 0.25) is 0 Å². The molecule has 0 saturated heterocycles. The zero-order valence-corrected chi connectivity index (χ0v) is 22.7. The summed E-state index contributed by atoms with van der Waals surface area (Å²) in [5.74, 6) is 2.66. The molecule has 39 heavy (non-hydrogen) atoms. The quantitative estimate of drug-likeness (QED) is 0.193. The van der Waals surface area contributed by atoms with Crippen molar-refractivity contribution < 1.29 is 30.5 Å². The maximum atomic E-state index is 6.36. The van der Waals surface area contributed by atoms with Crippen LogP contribution in [0.4, 0.5) is 0 Å². The molecule has 0 spiro atoms. The molecule has 0 fully saturated rings. The third kappa shape index (κ3) is 4.23. The van der Waals surface area contributed by atoms with Crippen molar-refractivity contribution in [2.45, 2.75) is 5.41 Å². The summed E-state index contributed by atoms with van der Waals surface area (Å²) in [6.07, 6.45) is 5.07. The van der Waals surface area contributed by atoms with E-state index in [1.165, 1.54) is 4.80 Å². The van der Waals surface area contributed by atoms with E-state index in [9.17, 15) is 0 Å². The van der Waals surface area contributed by atoms with Gasteiger partial charge in [-0.3, -0.25) is 4.98 Å². The van der Waals surface area contributed by atoms with Crippen LogP contribution in [0.1, 0.15) is 22.4 Å². The van der Waals surface area contributed by atoms with E-state index in [-0.39, 0.29) is 21.1 Å². The van der Waals surface area contributed by atoms with Gasteiger partial charge < -0.3 is 9.47 Å². The van der Waals surface area contributed by atoms with Gasteiger partial charge in [0, 0.05) is 28.8 Å². The van der Waals surface area contributed by atoms with Gasteiger partial charge in [0.05, 0.1) is 23.5 Å². The second-order valence-electron chi connectivity index (χ2n) is 8.81. The van der Waals surface area contributed by atoms with Gasteiger partial charge >= 0.3 is 21.1 Å². The van der Waals surface area contributed by atoms with Crippen molar-refractivity contribution in [3.63, 3.8) is 0 Å². The summed E-state index contributed by atoms with van der Waals surface area (Å²) in [5.41, 5.74) is 3.65. The van der Waals surface area contributed by atoms with Gasteiger partial charge in [-0.25, -0.2) is 0 Å². The molecule has 1 aliphatic rings. The van der Waals surface area contributed by atoms with Crippen LogP contribution in [0.25, 0.3) is 5.69 Å². The number of hydrogen-bond donors (Lipinski definition) is 0. The third-order valence-corrected chi connectivity index (χ3v) is 6.63. The maximum Gasteiger partial charge on any atom is 2.00 e. The molecule has 0 unspecified atom stereocenters. The average Bonchev–Trinajstić information content (AvgIpc) is 3.52. The second kappa shape index (κ2) is 10.3. The molecular weight excluding hydrogens is 667 g/mol. The largest absolute Gasteiger partial charge is 2.00 e. The summed E-state index contributed by atoms with van der Waals surface area (Å²) in [4.78, 5) is 6.36. The molecule has 0 amide bonds. The Morgan fingerprint density at radius 2 is 1.28 bits per heavy atom. The number of aromatic nitrogens is 4. The predicted octanol–water partition coefficient (Wildman–Crippen LogP) is 6.54. The molecule has 1 aliphatic heterocycles. The Balaban J connectivity index is 0.00000277. The number of para-hydroxylation sites is 2. The van der Waals surface area contributed by atoms with Gasteiger partial charge in [-0.05, 0) is 30.0 Å². The van der Waals surface area contributed by atoms with E-state index in [0.29, 0.717) is 17.2 Å². The first-order chi connectivity index (χ1) is 18.8. The smallest absolute Gasteiger partial charge is 0.509 e. The molecule has 0 N–H and O–H groups in total. The molecule has 7 heteroatoms.